The number of pyridine rings is 1. The maximum Gasteiger partial charge on any atom is 0.252 e. The van der Waals surface area contributed by atoms with E-state index in [4.69, 9.17) is 5.10 Å². The Morgan fingerprint density at radius 3 is 2.76 bits per heavy atom. The van der Waals surface area contributed by atoms with E-state index in [0.29, 0.717) is 11.6 Å². The monoisotopic (exact) mass is 340 g/mol. The predicted molar refractivity (Wildman–Crippen MR) is 96.2 cm³/mol. The van der Waals surface area contributed by atoms with Gasteiger partial charge in [-0.25, -0.2) is 0 Å². The Bertz CT molecular complexity index is 999. The Labute approximate surface area is 145 Å². The first-order valence-corrected chi connectivity index (χ1v) is 8.61. The molecule has 0 unspecified atom stereocenters. The van der Waals surface area contributed by atoms with E-state index in [1.54, 1.807) is 6.07 Å². The Morgan fingerprint density at radius 2 is 2.00 bits per heavy atom. The first-order valence-electron chi connectivity index (χ1n) is 8.61. The van der Waals surface area contributed by atoms with Crippen LogP contribution in [-0.4, -0.2) is 27.4 Å². The molecule has 25 heavy (non-hydrogen) atoms. The standard InChI is InChI=1S/C19H21FN4O/c1-12-9-13(16-3-4-17(25)23(2)19(16)20)10-14-11-24(22-18(12)14)15-5-7-21-8-6-15/h3-4,9-11,15,21H,5-8H2,1-2H3. The molecule has 0 bridgehead atoms. The first-order chi connectivity index (χ1) is 12.0. The first kappa shape index (κ1) is 16.0. The summed E-state index contributed by atoms with van der Waals surface area (Å²) in [7, 11) is 1.45. The van der Waals surface area contributed by atoms with Crippen molar-refractivity contribution in [2.45, 2.75) is 25.8 Å². The van der Waals surface area contributed by atoms with Crippen molar-refractivity contribution in [2.75, 3.05) is 13.1 Å². The highest BCUT2D eigenvalue weighted by atomic mass is 19.1. The summed E-state index contributed by atoms with van der Waals surface area (Å²) < 4.78 is 17.6. The molecule has 0 saturated carbocycles. The van der Waals surface area contributed by atoms with E-state index in [2.05, 4.69) is 16.2 Å². The second-order valence-corrected chi connectivity index (χ2v) is 6.76. The molecule has 1 aliphatic rings. The van der Waals surface area contributed by atoms with Gasteiger partial charge in [-0.15, -0.1) is 0 Å². The molecule has 5 nitrogen and oxygen atoms in total. The van der Waals surface area contributed by atoms with E-state index in [-0.39, 0.29) is 5.56 Å². The fourth-order valence-electron chi connectivity index (χ4n) is 3.57. The highest BCUT2D eigenvalue weighted by Crippen LogP contribution is 2.29. The van der Waals surface area contributed by atoms with Crippen LogP contribution in [0, 0.1) is 12.9 Å². The molecule has 0 aliphatic carbocycles. The van der Waals surface area contributed by atoms with Gasteiger partial charge in [-0.3, -0.25) is 14.0 Å². The number of piperidine rings is 1. The lowest BCUT2D eigenvalue weighted by Gasteiger charge is -2.22. The summed E-state index contributed by atoms with van der Waals surface area (Å²) in [6, 6.07) is 7.25. The van der Waals surface area contributed by atoms with Crippen LogP contribution in [0.2, 0.25) is 0 Å². The van der Waals surface area contributed by atoms with E-state index in [0.717, 1.165) is 52.5 Å². The number of benzene rings is 1. The van der Waals surface area contributed by atoms with E-state index in [1.165, 1.54) is 13.1 Å². The smallest absolute Gasteiger partial charge is 0.252 e. The SMILES string of the molecule is Cc1cc(-c2ccc(=O)n(C)c2F)cc2cn(C3CCNCC3)nc12. The van der Waals surface area contributed by atoms with E-state index < -0.39 is 5.95 Å². The number of aromatic nitrogens is 3. The molecule has 1 fully saturated rings. The minimum absolute atomic E-state index is 0.349. The van der Waals surface area contributed by atoms with Gasteiger partial charge in [0.25, 0.3) is 5.56 Å². The molecule has 1 aliphatic heterocycles. The van der Waals surface area contributed by atoms with Crippen LogP contribution in [0.1, 0.15) is 24.4 Å². The van der Waals surface area contributed by atoms with Crippen molar-refractivity contribution >= 4 is 10.9 Å². The molecule has 2 aromatic heterocycles. The van der Waals surface area contributed by atoms with Crippen LogP contribution >= 0.6 is 0 Å². The van der Waals surface area contributed by atoms with Gasteiger partial charge < -0.3 is 5.32 Å². The second-order valence-electron chi connectivity index (χ2n) is 6.76. The van der Waals surface area contributed by atoms with Crippen molar-refractivity contribution in [3.05, 3.63) is 52.3 Å². The molecule has 1 saturated heterocycles. The summed E-state index contributed by atoms with van der Waals surface area (Å²) in [6.07, 6.45) is 4.19. The molecule has 6 heteroatoms. The predicted octanol–water partition coefficient (Wildman–Crippen LogP) is 2.77. The number of hydrogen-bond acceptors (Lipinski definition) is 3. The minimum Gasteiger partial charge on any atom is -0.317 e. The van der Waals surface area contributed by atoms with E-state index in [1.807, 2.05) is 19.1 Å². The number of halogens is 1. The molecule has 4 rings (SSSR count). The molecule has 130 valence electrons. The number of hydrogen-bond donors (Lipinski definition) is 1. The van der Waals surface area contributed by atoms with Crippen LogP contribution in [0.25, 0.3) is 22.0 Å². The molecule has 1 N–H and O–H groups in total. The number of aryl methyl sites for hydroxylation is 1. The molecule has 0 amide bonds. The average molecular weight is 340 g/mol. The fourth-order valence-corrected chi connectivity index (χ4v) is 3.57. The lowest BCUT2D eigenvalue weighted by molar-refractivity contribution is 0.345. The second kappa shape index (κ2) is 6.11. The maximum absolute atomic E-state index is 14.5. The van der Waals surface area contributed by atoms with Crippen LogP contribution in [-0.2, 0) is 7.05 Å². The van der Waals surface area contributed by atoms with Gasteiger partial charge in [0.05, 0.1) is 11.6 Å². The van der Waals surface area contributed by atoms with Crippen molar-refractivity contribution in [3.63, 3.8) is 0 Å². The Morgan fingerprint density at radius 1 is 1.24 bits per heavy atom. The molecule has 3 aromatic rings. The third-order valence-electron chi connectivity index (χ3n) is 5.05. The zero-order chi connectivity index (χ0) is 17.6. The van der Waals surface area contributed by atoms with Gasteiger partial charge in [0.2, 0.25) is 5.95 Å². The van der Waals surface area contributed by atoms with Crippen molar-refractivity contribution in [1.29, 1.82) is 0 Å². The lowest BCUT2D eigenvalue weighted by atomic mass is 10.0. The summed E-state index contributed by atoms with van der Waals surface area (Å²) in [4.78, 5) is 11.6. The highest BCUT2D eigenvalue weighted by Gasteiger charge is 2.18. The molecular weight excluding hydrogens is 319 g/mol. The molecule has 0 radical (unpaired) electrons. The molecule has 0 atom stereocenters. The van der Waals surface area contributed by atoms with Gasteiger partial charge in [-0.2, -0.15) is 9.49 Å². The average Bonchev–Trinajstić information content (AvgIpc) is 3.05. The summed E-state index contributed by atoms with van der Waals surface area (Å²) in [5.74, 6) is -0.517. The summed E-state index contributed by atoms with van der Waals surface area (Å²) >= 11 is 0. The number of fused-ring (bicyclic) bond motifs is 1. The quantitative estimate of drug-likeness (QED) is 0.730. The van der Waals surface area contributed by atoms with Crippen LogP contribution in [0.4, 0.5) is 4.39 Å². The fraction of sp³-hybridized carbons (Fsp3) is 0.368. The van der Waals surface area contributed by atoms with Crippen LogP contribution in [0.5, 0.6) is 0 Å². The van der Waals surface area contributed by atoms with Gasteiger partial charge in [-0.1, -0.05) is 0 Å². The van der Waals surface area contributed by atoms with Crippen molar-refractivity contribution in [1.82, 2.24) is 19.7 Å². The third-order valence-corrected chi connectivity index (χ3v) is 5.05. The lowest BCUT2D eigenvalue weighted by Crippen LogP contribution is -2.29. The van der Waals surface area contributed by atoms with Crippen LogP contribution < -0.4 is 10.9 Å². The Kier molecular flexibility index (Phi) is 3.92. The highest BCUT2D eigenvalue weighted by molar-refractivity contribution is 5.87. The number of rotatable bonds is 2. The molecule has 0 spiro atoms. The van der Waals surface area contributed by atoms with Crippen molar-refractivity contribution in [2.24, 2.45) is 7.05 Å². The van der Waals surface area contributed by atoms with Gasteiger partial charge >= 0.3 is 0 Å². The minimum atomic E-state index is -0.517. The summed E-state index contributed by atoms with van der Waals surface area (Å²) in [6.45, 7) is 4.01. The number of nitrogens with zero attached hydrogens (tertiary/aromatic N) is 3. The van der Waals surface area contributed by atoms with Crippen molar-refractivity contribution in [3.8, 4) is 11.1 Å². The molecule has 1 aromatic carbocycles. The number of nitrogens with one attached hydrogen (secondary N) is 1. The zero-order valence-corrected chi connectivity index (χ0v) is 14.4. The maximum atomic E-state index is 14.5. The summed E-state index contributed by atoms with van der Waals surface area (Å²) in [5, 5.41) is 9.13. The normalized spacial score (nSPS) is 15.8. The van der Waals surface area contributed by atoms with E-state index >= 15 is 0 Å². The van der Waals surface area contributed by atoms with Crippen LogP contribution in [0.3, 0.4) is 0 Å². The Balaban J connectivity index is 1.82. The van der Waals surface area contributed by atoms with Gasteiger partial charge in [0, 0.05) is 30.3 Å². The van der Waals surface area contributed by atoms with Gasteiger partial charge in [0.1, 0.15) is 0 Å². The largest absolute Gasteiger partial charge is 0.317 e. The van der Waals surface area contributed by atoms with Crippen LogP contribution in [0.15, 0.2) is 35.3 Å². The van der Waals surface area contributed by atoms with E-state index in [9.17, 15) is 9.18 Å². The van der Waals surface area contributed by atoms with Crippen molar-refractivity contribution < 1.29 is 4.39 Å². The van der Waals surface area contributed by atoms with Gasteiger partial charge in [0.15, 0.2) is 0 Å². The molecular formula is C19H21FN4O. The zero-order valence-electron chi connectivity index (χ0n) is 14.4. The third kappa shape index (κ3) is 2.76. The molecule has 3 heterocycles. The van der Waals surface area contributed by atoms with Gasteiger partial charge in [-0.05, 0) is 62.2 Å². The topological polar surface area (TPSA) is 51.9 Å². The Hall–Kier alpha value is -2.47. The summed E-state index contributed by atoms with van der Waals surface area (Å²) in [5.41, 5.74) is 2.81.